The predicted molar refractivity (Wildman–Crippen MR) is 106 cm³/mol. The summed E-state index contributed by atoms with van der Waals surface area (Å²) >= 11 is 0. The van der Waals surface area contributed by atoms with E-state index in [2.05, 4.69) is 5.32 Å². The molecule has 3 amide bonds. The van der Waals surface area contributed by atoms with Gasteiger partial charge < -0.3 is 24.3 Å². The largest absolute Gasteiger partial charge is 0.494 e. The lowest BCUT2D eigenvalue weighted by atomic mass is 10.1. The first-order valence-electron chi connectivity index (χ1n) is 9.55. The second-order valence-electron chi connectivity index (χ2n) is 6.88. The van der Waals surface area contributed by atoms with Crippen molar-refractivity contribution in [3.05, 3.63) is 48.4 Å². The number of likely N-dealkylation sites (N-methyl/N-ethyl adjacent to an activating group) is 1. The van der Waals surface area contributed by atoms with Gasteiger partial charge in [-0.05, 0) is 43.3 Å². The van der Waals surface area contributed by atoms with Crippen LogP contribution in [0.1, 0.15) is 19.1 Å². The minimum Gasteiger partial charge on any atom is -0.494 e. The highest BCUT2D eigenvalue weighted by Crippen LogP contribution is 2.27. The molecule has 8 nitrogen and oxygen atoms in total. The molecule has 8 heteroatoms. The van der Waals surface area contributed by atoms with Gasteiger partial charge in [0.1, 0.15) is 11.5 Å². The van der Waals surface area contributed by atoms with Crippen molar-refractivity contribution >= 4 is 23.4 Å². The molecule has 1 aliphatic heterocycles. The molecule has 1 saturated heterocycles. The van der Waals surface area contributed by atoms with Gasteiger partial charge in [0.2, 0.25) is 17.7 Å². The van der Waals surface area contributed by atoms with Gasteiger partial charge in [0.25, 0.3) is 0 Å². The van der Waals surface area contributed by atoms with Crippen LogP contribution in [0, 0.1) is 5.92 Å². The number of anilines is 1. The lowest BCUT2D eigenvalue weighted by Gasteiger charge is -2.21. The summed E-state index contributed by atoms with van der Waals surface area (Å²) in [6, 6.07) is 10.7. The summed E-state index contributed by atoms with van der Waals surface area (Å²) in [7, 11) is 1.57. The number of carbonyl (C=O) groups is 3. The monoisotopic (exact) mass is 399 g/mol. The van der Waals surface area contributed by atoms with Crippen molar-refractivity contribution in [1.82, 2.24) is 10.2 Å². The van der Waals surface area contributed by atoms with Crippen molar-refractivity contribution in [3.63, 3.8) is 0 Å². The van der Waals surface area contributed by atoms with E-state index in [0.717, 1.165) is 11.4 Å². The van der Waals surface area contributed by atoms with Gasteiger partial charge in [-0.1, -0.05) is 0 Å². The van der Waals surface area contributed by atoms with Crippen LogP contribution in [0.4, 0.5) is 5.69 Å². The van der Waals surface area contributed by atoms with Crippen molar-refractivity contribution in [2.45, 2.75) is 19.9 Å². The summed E-state index contributed by atoms with van der Waals surface area (Å²) in [5.74, 6) is 0.278. The molecule has 1 fully saturated rings. The summed E-state index contributed by atoms with van der Waals surface area (Å²) in [6.45, 7) is 2.96. The van der Waals surface area contributed by atoms with E-state index in [1.807, 2.05) is 19.1 Å². The third kappa shape index (κ3) is 5.16. The van der Waals surface area contributed by atoms with E-state index in [4.69, 9.17) is 9.15 Å². The maximum absolute atomic E-state index is 12.7. The van der Waals surface area contributed by atoms with E-state index >= 15 is 0 Å². The summed E-state index contributed by atoms with van der Waals surface area (Å²) in [4.78, 5) is 40.1. The topological polar surface area (TPSA) is 92.1 Å². The minimum absolute atomic E-state index is 0.0761. The molecule has 1 aliphatic rings. The number of benzene rings is 1. The van der Waals surface area contributed by atoms with Gasteiger partial charge in [-0.15, -0.1) is 0 Å². The highest BCUT2D eigenvalue weighted by atomic mass is 16.5. The van der Waals surface area contributed by atoms with Crippen LogP contribution in [-0.2, 0) is 20.9 Å². The Morgan fingerprint density at radius 2 is 2.03 bits per heavy atom. The van der Waals surface area contributed by atoms with Gasteiger partial charge in [0.15, 0.2) is 0 Å². The molecular weight excluding hydrogens is 374 g/mol. The molecule has 154 valence electrons. The molecular formula is C21H25N3O5. The van der Waals surface area contributed by atoms with Gasteiger partial charge in [-0.3, -0.25) is 14.4 Å². The normalized spacial score (nSPS) is 16.0. The maximum Gasteiger partial charge on any atom is 0.239 e. The Labute approximate surface area is 169 Å². The van der Waals surface area contributed by atoms with E-state index < -0.39 is 5.92 Å². The van der Waals surface area contributed by atoms with E-state index in [-0.39, 0.29) is 37.2 Å². The number of hydrogen-bond acceptors (Lipinski definition) is 5. The van der Waals surface area contributed by atoms with Crippen LogP contribution in [0.15, 0.2) is 47.1 Å². The molecule has 0 unspecified atom stereocenters. The third-order valence-electron chi connectivity index (χ3n) is 4.73. The Bertz CT molecular complexity index is 848. The molecule has 1 atom stereocenters. The first-order valence-corrected chi connectivity index (χ1v) is 9.55. The highest BCUT2D eigenvalue weighted by Gasteiger charge is 2.36. The quantitative estimate of drug-likeness (QED) is 0.731. The minimum atomic E-state index is -0.475. The van der Waals surface area contributed by atoms with Crippen LogP contribution in [0.3, 0.4) is 0 Å². The zero-order valence-electron chi connectivity index (χ0n) is 16.6. The molecule has 1 N–H and O–H groups in total. The zero-order chi connectivity index (χ0) is 20.8. The molecule has 2 heterocycles. The third-order valence-corrected chi connectivity index (χ3v) is 4.73. The van der Waals surface area contributed by atoms with Crippen molar-refractivity contribution in [3.8, 4) is 5.75 Å². The molecule has 0 bridgehead atoms. The fraction of sp³-hybridized carbons (Fsp3) is 0.381. The zero-order valence-corrected chi connectivity index (χ0v) is 16.6. The number of amides is 3. The Kier molecular flexibility index (Phi) is 6.54. The second-order valence-corrected chi connectivity index (χ2v) is 6.88. The first kappa shape index (κ1) is 20.4. The van der Waals surface area contributed by atoms with Crippen molar-refractivity contribution in [2.24, 2.45) is 5.92 Å². The molecule has 1 aromatic heterocycles. The van der Waals surface area contributed by atoms with Crippen LogP contribution >= 0.6 is 0 Å². The molecule has 0 spiro atoms. The molecule has 1 aromatic carbocycles. The van der Waals surface area contributed by atoms with Crippen LogP contribution in [0.2, 0.25) is 0 Å². The molecule has 0 aliphatic carbocycles. The van der Waals surface area contributed by atoms with Gasteiger partial charge in [0, 0.05) is 25.7 Å². The highest BCUT2D eigenvalue weighted by molar-refractivity contribution is 6.00. The summed E-state index contributed by atoms with van der Waals surface area (Å²) in [5.41, 5.74) is 0.729. The van der Waals surface area contributed by atoms with Crippen LogP contribution in [-0.4, -0.2) is 49.4 Å². The average Bonchev–Trinajstić information content (AvgIpc) is 3.36. The fourth-order valence-corrected chi connectivity index (χ4v) is 3.27. The number of ether oxygens (including phenoxy) is 1. The molecule has 0 saturated carbocycles. The van der Waals surface area contributed by atoms with E-state index in [0.29, 0.717) is 18.9 Å². The SMILES string of the molecule is CCOc1ccc(N2C[C@H](C(=O)N(C)CC(=O)NCc3ccco3)CC2=O)cc1. The number of nitrogens with zero attached hydrogens (tertiary/aromatic N) is 2. The maximum atomic E-state index is 12.7. The number of nitrogens with one attached hydrogen (secondary N) is 1. The average molecular weight is 399 g/mol. The fourth-order valence-electron chi connectivity index (χ4n) is 3.27. The van der Waals surface area contributed by atoms with Crippen molar-refractivity contribution < 1.29 is 23.5 Å². The van der Waals surface area contributed by atoms with E-state index in [1.54, 1.807) is 36.2 Å². The van der Waals surface area contributed by atoms with Gasteiger partial charge in [-0.25, -0.2) is 0 Å². The lowest BCUT2D eigenvalue weighted by Crippen LogP contribution is -2.41. The number of furan rings is 1. The van der Waals surface area contributed by atoms with Crippen molar-refractivity contribution in [1.29, 1.82) is 0 Å². The lowest BCUT2D eigenvalue weighted by molar-refractivity contribution is -0.138. The van der Waals surface area contributed by atoms with Crippen LogP contribution in [0.25, 0.3) is 0 Å². The Hall–Kier alpha value is -3.29. The smallest absolute Gasteiger partial charge is 0.239 e. The molecule has 2 aromatic rings. The summed E-state index contributed by atoms with van der Waals surface area (Å²) in [6.07, 6.45) is 1.66. The number of rotatable bonds is 8. The van der Waals surface area contributed by atoms with Crippen LogP contribution in [0.5, 0.6) is 5.75 Å². The van der Waals surface area contributed by atoms with Gasteiger partial charge in [0.05, 0.1) is 31.9 Å². The summed E-state index contributed by atoms with van der Waals surface area (Å²) < 4.78 is 10.6. The Morgan fingerprint density at radius 1 is 1.28 bits per heavy atom. The van der Waals surface area contributed by atoms with Crippen LogP contribution < -0.4 is 15.0 Å². The van der Waals surface area contributed by atoms with E-state index in [9.17, 15) is 14.4 Å². The second kappa shape index (κ2) is 9.27. The summed E-state index contributed by atoms with van der Waals surface area (Å²) in [5, 5.41) is 2.70. The number of carbonyl (C=O) groups excluding carboxylic acids is 3. The molecule has 3 rings (SSSR count). The first-order chi connectivity index (χ1) is 14.0. The Morgan fingerprint density at radius 3 is 2.69 bits per heavy atom. The number of hydrogen-bond donors (Lipinski definition) is 1. The van der Waals surface area contributed by atoms with Gasteiger partial charge >= 0.3 is 0 Å². The molecule has 29 heavy (non-hydrogen) atoms. The van der Waals surface area contributed by atoms with Gasteiger partial charge in [-0.2, -0.15) is 0 Å². The standard InChI is InChI=1S/C21H25N3O5/c1-3-28-17-8-6-16(7-9-17)24-13-15(11-20(24)26)21(27)23(2)14-19(25)22-12-18-5-4-10-29-18/h4-10,15H,3,11-14H2,1-2H3,(H,22,25)/t15-/m1/s1. The predicted octanol–water partition coefficient (Wildman–Crippen LogP) is 1.81. The Balaban J connectivity index is 1.52. The van der Waals surface area contributed by atoms with Crippen molar-refractivity contribution in [2.75, 3.05) is 31.6 Å². The van der Waals surface area contributed by atoms with E-state index in [1.165, 1.54) is 11.2 Å². The molecule has 0 radical (unpaired) electrons.